The maximum atomic E-state index is 10.5. The Kier molecular flexibility index (Phi) is 4.31. The average Bonchev–Trinajstić information content (AvgIpc) is 3.25. The van der Waals surface area contributed by atoms with Crippen molar-refractivity contribution in [1.82, 2.24) is 4.98 Å². The van der Waals surface area contributed by atoms with Gasteiger partial charge >= 0.3 is 0 Å². The van der Waals surface area contributed by atoms with E-state index in [1.165, 1.54) is 4.70 Å². The zero-order valence-electron chi connectivity index (χ0n) is 12.6. The first kappa shape index (κ1) is 15.1. The minimum atomic E-state index is -0.446. The van der Waals surface area contributed by atoms with Gasteiger partial charge < -0.3 is 14.7 Å². The van der Waals surface area contributed by atoms with Crippen molar-refractivity contribution < 1.29 is 9.84 Å². The van der Waals surface area contributed by atoms with E-state index in [4.69, 9.17) is 9.72 Å². The largest absolute Gasteiger partial charge is 0.387 e. The Morgan fingerprint density at radius 2 is 2.22 bits per heavy atom. The highest BCUT2D eigenvalue weighted by Crippen LogP contribution is 2.33. The number of rotatable bonds is 4. The molecule has 0 radical (unpaired) electrons. The number of aliphatic hydroxyl groups is 1. The first-order valence-corrected chi connectivity index (χ1v) is 9.42. The van der Waals surface area contributed by atoms with Crippen molar-refractivity contribution in [2.45, 2.75) is 18.6 Å². The molecule has 2 atom stereocenters. The fourth-order valence-corrected chi connectivity index (χ4v) is 4.73. The van der Waals surface area contributed by atoms with E-state index in [1.807, 2.05) is 35.7 Å². The quantitative estimate of drug-likeness (QED) is 0.783. The fraction of sp³-hybridized carbons (Fsp3) is 0.353. The molecule has 0 saturated carbocycles. The maximum Gasteiger partial charge on any atom is 0.186 e. The number of hydrogen-bond donors (Lipinski definition) is 1. The molecule has 1 aliphatic rings. The van der Waals surface area contributed by atoms with E-state index < -0.39 is 6.10 Å². The normalized spacial score (nSPS) is 20.0. The molecule has 0 bridgehead atoms. The lowest BCUT2D eigenvalue weighted by molar-refractivity contribution is 0.0688. The van der Waals surface area contributed by atoms with E-state index in [1.54, 1.807) is 22.7 Å². The molecule has 1 aliphatic heterocycles. The van der Waals surface area contributed by atoms with Crippen LogP contribution in [0.4, 0.5) is 5.13 Å². The minimum absolute atomic E-state index is 0.154. The summed E-state index contributed by atoms with van der Waals surface area (Å²) in [4.78, 5) is 8.08. The monoisotopic (exact) mass is 346 g/mol. The molecule has 3 heterocycles. The van der Waals surface area contributed by atoms with E-state index >= 15 is 0 Å². The third kappa shape index (κ3) is 3.12. The Bertz CT molecular complexity index is 739. The number of nitrogens with zero attached hydrogens (tertiary/aromatic N) is 2. The molecular formula is C17H18N2O2S2. The van der Waals surface area contributed by atoms with Gasteiger partial charge in [0.05, 0.1) is 35.6 Å². The van der Waals surface area contributed by atoms with Crippen LogP contribution in [-0.4, -0.2) is 35.9 Å². The number of thiazole rings is 1. The zero-order valence-corrected chi connectivity index (χ0v) is 14.2. The second-order valence-corrected chi connectivity index (χ2v) is 7.64. The molecule has 1 N–H and O–H groups in total. The SMILES string of the molecule is OC(CC1COCCN1c1nc2ccccc2s1)c1cccs1. The molecule has 1 aromatic carbocycles. The number of thiophene rings is 1. The molecule has 4 rings (SSSR count). The standard InChI is InChI=1S/C17H18N2O2S2/c20-14(16-6-3-9-22-16)10-12-11-21-8-7-19(12)17-18-13-4-1-2-5-15(13)23-17/h1-6,9,12,14,20H,7-8,10-11H2. The van der Waals surface area contributed by atoms with E-state index in [0.29, 0.717) is 19.6 Å². The predicted molar refractivity (Wildman–Crippen MR) is 95.5 cm³/mol. The van der Waals surface area contributed by atoms with Crippen LogP contribution in [0, 0.1) is 0 Å². The highest BCUT2D eigenvalue weighted by Gasteiger charge is 2.28. The van der Waals surface area contributed by atoms with Crippen LogP contribution in [-0.2, 0) is 4.74 Å². The van der Waals surface area contributed by atoms with Gasteiger partial charge in [-0.25, -0.2) is 4.98 Å². The minimum Gasteiger partial charge on any atom is -0.387 e. The number of aromatic nitrogens is 1. The molecule has 120 valence electrons. The number of hydrogen-bond acceptors (Lipinski definition) is 6. The van der Waals surface area contributed by atoms with Gasteiger partial charge in [-0.2, -0.15) is 0 Å². The van der Waals surface area contributed by atoms with Gasteiger partial charge in [-0.15, -0.1) is 11.3 Å². The van der Waals surface area contributed by atoms with Gasteiger partial charge in [0.25, 0.3) is 0 Å². The van der Waals surface area contributed by atoms with Crippen LogP contribution in [0.25, 0.3) is 10.2 Å². The van der Waals surface area contributed by atoms with E-state index in [-0.39, 0.29) is 6.04 Å². The second-order valence-electron chi connectivity index (χ2n) is 5.65. The van der Waals surface area contributed by atoms with Gasteiger partial charge in [0.2, 0.25) is 0 Å². The molecule has 4 nitrogen and oxygen atoms in total. The van der Waals surface area contributed by atoms with Crippen molar-refractivity contribution in [2.24, 2.45) is 0 Å². The summed E-state index contributed by atoms with van der Waals surface area (Å²) < 4.78 is 6.85. The summed E-state index contributed by atoms with van der Waals surface area (Å²) in [6, 6.07) is 12.3. The number of morpholine rings is 1. The van der Waals surface area contributed by atoms with Crippen LogP contribution in [0.1, 0.15) is 17.4 Å². The van der Waals surface area contributed by atoms with Crippen molar-refractivity contribution in [3.63, 3.8) is 0 Å². The Morgan fingerprint density at radius 1 is 1.30 bits per heavy atom. The first-order valence-electron chi connectivity index (χ1n) is 7.72. The van der Waals surface area contributed by atoms with E-state index in [0.717, 1.165) is 22.1 Å². The fourth-order valence-electron chi connectivity index (χ4n) is 2.94. The summed E-state index contributed by atoms with van der Waals surface area (Å²) in [5.41, 5.74) is 1.04. The molecule has 1 saturated heterocycles. The molecule has 23 heavy (non-hydrogen) atoms. The van der Waals surface area contributed by atoms with Gasteiger partial charge in [-0.1, -0.05) is 29.5 Å². The van der Waals surface area contributed by atoms with Crippen molar-refractivity contribution in [3.05, 3.63) is 46.7 Å². The third-order valence-electron chi connectivity index (χ3n) is 4.12. The van der Waals surface area contributed by atoms with Crippen molar-refractivity contribution in [2.75, 3.05) is 24.7 Å². The van der Waals surface area contributed by atoms with Crippen molar-refractivity contribution in [3.8, 4) is 0 Å². The van der Waals surface area contributed by atoms with Gasteiger partial charge in [0, 0.05) is 17.8 Å². The van der Waals surface area contributed by atoms with E-state index in [9.17, 15) is 5.11 Å². The number of para-hydroxylation sites is 1. The lowest BCUT2D eigenvalue weighted by Gasteiger charge is -2.36. The predicted octanol–water partition coefficient (Wildman–Crippen LogP) is 3.69. The summed E-state index contributed by atoms with van der Waals surface area (Å²) >= 11 is 3.31. The highest BCUT2D eigenvalue weighted by molar-refractivity contribution is 7.22. The molecular weight excluding hydrogens is 328 g/mol. The Hall–Kier alpha value is -1.47. The zero-order chi connectivity index (χ0) is 15.6. The van der Waals surface area contributed by atoms with Gasteiger partial charge in [0.1, 0.15) is 0 Å². The molecule has 1 fully saturated rings. The van der Waals surface area contributed by atoms with E-state index in [2.05, 4.69) is 11.0 Å². The lowest BCUT2D eigenvalue weighted by Crippen LogP contribution is -2.46. The van der Waals surface area contributed by atoms with Crippen LogP contribution in [0.3, 0.4) is 0 Å². The van der Waals surface area contributed by atoms with Crippen LogP contribution < -0.4 is 4.90 Å². The molecule has 2 unspecified atom stereocenters. The number of ether oxygens (including phenoxy) is 1. The number of anilines is 1. The van der Waals surface area contributed by atoms with Crippen LogP contribution in [0.5, 0.6) is 0 Å². The van der Waals surface area contributed by atoms with Gasteiger partial charge in [0.15, 0.2) is 5.13 Å². The maximum absolute atomic E-state index is 10.5. The molecule has 0 spiro atoms. The molecule has 0 aliphatic carbocycles. The smallest absolute Gasteiger partial charge is 0.186 e. The van der Waals surface area contributed by atoms with Crippen LogP contribution >= 0.6 is 22.7 Å². The Balaban J connectivity index is 1.57. The summed E-state index contributed by atoms with van der Waals surface area (Å²) in [5, 5.41) is 13.5. The average molecular weight is 346 g/mol. The molecule has 6 heteroatoms. The van der Waals surface area contributed by atoms with Crippen molar-refractivity contribution >= 4 is 38.0 Å². The van der Waals surface area contributed by atoms with Gasteiger partial charge in [-0.3, -0.25) is 0 Å². The summed E-state index contributed by atoms with van der Waals surface area (Å²) in [6.45, 7) is 2.17. The first-order chi connectivity index (χ1) is 11.3. The van der Waals surface area contributed by atoms with Crippen molar-refractivity contribution in [1.29, 1.82) is 0 Å². The summed E-state index contributed by atoms with van der Waals surface area (Å²) in [5.74, 6) is 0. The molecule has 2 aromatic heterocycles. The number of aliphatic hydroxyl groups excluding tert-OH is 1. The Labute approximate surface area is 143 Å². The topological polar surface area (TPSA) is 45.6 Å². The third-order valence-corrected chi connectivity index (χ3v) is 6.17. The Morgan fingerprint density at radius 3 is 3.04 bits per heavy atom. The lowest BCUT2D eigenvalue weighted by atomic mass is 10.1. The highest BCUT2D eigenvalue weighted by atomic mass is 32.1. The van der Waals surface area contributed by atoms with Gasteiger partial charge in [-0.05, 0) is 23.6 Å². The summed E-state index contributed by atoms with van der Waals surface area (Å²) in [7, 11) is 0. The number of fused-ring (bicyclic) bond motifs is 1. The van der Waals surface area contributed by atoms with Crippen LogP contribution in [0.15, 0.2) is 41.8 Å². The second kappa shape index (κ2) is 6.57. The number of benzene rings is 1. The molecule has 0 amide bonds. The molecule has 3 aromatic rings. The summed E-state index contributed by atoms with van der Waals surface area (Å²) in [6.07, 6.45) is 0.217. The van der Waals surface area contributed by atoms with Crippen LogP contribution in [0.2, 0.25) is 0 Å².